The highest BCUT2D eigenvalue weighted by Crippen LogP contribution is 2.19. The molecule has 0 bridgehead atoms. The van der Waals surface area contributed by atoms with E-state index in [1.807, 2.05) is 26.2 Å². The van der Waals surface area contributed by atoms with Gasteiger partial charge in [0.1, 0.15) is 5.82 Å². The van der Waals surface area contributed by atoms with Crippen LogP contribution in [0.4, 0.5) is 5.69 Å². The minimum absolute atomic E-state index is 0.423. The summed E-state index contributed by atoms with van der Waals surface area (Å²) in [6, 6.07) is 6.11. The number of aromatic amines is 1. The van der Waals surface area contributed by atoms with Crippen LogP contribution >= 0.6 is 11.6 Å². The maximum atomic E-state index is 5.70. The number of halogens is 1. The zero-order valence-corrected chi connectivity index (χ0v) is 8.97. The summed E-state index contributed by atoms with van der Waals surface area (Å²) in [5.41, 5.74) is 3.15. The molecule has 2 aromatic rings. The predicted octanol–water partition coefficient (Wildman–Crippen LogP) is 2.37. The monoisotopic (exact) mass is 209 g/mol. The van der Waals surface area contributed by atoms with E-state index in [1.54, 1.807) is 0 Å². The van der Waals surface area contributed by atoms with E-state index in [9.17, 15) is 0 Å². The molecule has 0 aliphatic rings. The van der Waals surface area contributed by atoms with Crippen molar-refractivity contribution >= 4 is 28.3 Å². The number of benzene rings is 1. The van der Waals surface area contributed by atoms with Crippen LogP contribution in [0.3, 0.4) is 0 Å². The topological polar surface area (TPSA) is 31.9 Å². The molecular formula is C10H12ClN3. The molecule has 0 aliphatic heterocycles. The molecule has 2 rings (SSSR count). The lowest BCUT2D eigenvalue weighted by molar-refractivity contribution is 1.13. The van der Waals surface area contributed by atoms with Crippen molar-refractivity contribution in [2.45, 2.75) is 5.88 Å². The quantitative estimate of drug-likeness (QED) is 0.771. The molecule has 14 heavy (non-hydrogen) atoms. The van der Waals surface area contributed by atoms with Gasteiger partial charge < -0.3 is 9.88 Å². The lowest BCUT2D eigenvalue weighted by Crippen LogP contribution is -2.07. The molecular weight excluding hydrogens is 198 g/mol. The molecule has 1 heterocycles. The fourth-order valence-corrected chi connectivity index (χ4v) is 1.52. The lowest BCUT2D eigenvalue weighted by atomic mass is 10.2. The van der Waals surface area contributed by atoms with Crippen LogP contribution < -0.4 is 4.90 Å². The minimum Gasteiger partial charge on any atom is -0.378 e. The second kappa shape index (κ2) is 3.50. The third kappa shape index (κ3) is 1.55. The van der Waals surface area contributed by atoms with Crippen molar-refractivity contribution in [2.24, 2.45) is 0 Å². The Hall–Kier alpha value is -1.22. The van der Waals surface area contributed by atoms with Crippen molar-refractivity contribution in [1.82, 2.24) is 9.97 Å². The fourth-order valence-electron chi connectivity index (χ4n) is 1.39. The Bertz CT molecular complexity index is 448. The van der Waals surface area contributed by atoms with Crippen LogP contribution in [-0.2, 0) is 5.88 Å². The lowest BCUT2D eigenvalue weighted by Gasteiger charge is -2.11. The van der Waals surface area contributed by atoms with Gasteiger partial charge in [0.25, 0.3) is 0 Å². The van der Waals surface area contributed by atoms with E-state index >= 15 is 0 Å². The van der Waals surface area contributed by atoms with Gasteiger partial charge in [0.15, 0.2) is 0 Å². The van der Waals surface area contributed by atoms with E-state index in [1.165, 1.54) is 0 Å². The van der Waals surface area contributed by atoms with Crippen molar-refractivity contribution in [3.05, 3.63) is 24.0 Å². The van der Waals surface area contributed by atoms with Gasteiger partial charge in [-0.05, 0) is 18.2 Å². The molecule has 74 valence electrons. The molecule has 0 saturated heterocycles. The van der Waals surface area contributed by atoms with E-state index in [0.717, 1.165) is 22.5 Å². The van der Waals surface area contributed by atoms with E-state index in [0.29, 0.717) is 5.88 Å². The van der Waals surface area contributed by atoms with Crippen LogP contribution in [0.2, 0.25) is 0 Å². The van der Waals surface area contributed by atoms with Gasteiger partial charge in [0.2, 0.25) is 0 Å². The predicted molar refractivity (Wildman–Crippen MR) is 60.0 cm³/mol. The first-order valence-electron chi connectivity index (χ1n) is 4.42. The number of H-pyrrole nitrogens is 1. The number of aromatic nitrogens is 2. The summed E-state index contributed by atoms with van der Waals surface area (Å²) in [6.45, 7) is 0. The third-order valence-electron chi connectivity index (χ3n) is 2.16. The Labute approximate surface area is 87.7 Å². The van der Waals surface area contributed by atoms with Crippen molar-refractivity contribution in [3.63, 3.8) is 0 Å². The molecule has 4 heteroatoms. The second-order valence-electron chi connectivity index (χ2n) is 3.41. The number of imidazole rings is 1. The third-order valence-corrected chi connectivity index (χ3v) is 2.41. The minimum atomic E-state index is 0.423. The molecule has 0 atom stereocenters. The van der Waals surface area contributed by atoms with Crippen molar-refractivity contribution in [3.8, 4) is 0 Å². The van der Waals surface area contributed by atoms with Crippen molar-refractivity contribution in [2.75, 3.05) is 19.0 Å². The number of rotatable bonds is 2. The van der Waals surface area contributed by atoms with E-state index in [4.69, 9.17) is 11.6 Å². The molecule has 1 aromatic heterocycles. The Morgan fingerprint density at radius 3 is 2.86 bits per heavy atom. The number of alkyl halides is 1. The van der Waals surface area contributed by atoms with Crippen LogP contribution in [-0.4, -0.2) is 24.1 Å². The standard InChI is InChI=1S/C10H12ClN3/c1-14(2)7-3-4-8-9(5-7)13-10(6-11)12-8/h3-5H,6H2,1-2H3,(H,12,13). The first-order valence-corrected chi connectivity index (χ1v) is 4.96. The fraction of sp³-hybridized carbons (Fsp3) is 0.300. The normalized spacial score (nSPS) is 10.8. The summed E-state index contributed by atoms with van der Waals surface area (Å²) in [5.74, 6) is 1.24. The first kappa shape index (κ1) is 9.34. The van der Waals surface area contributed by atoms with Gasteiger partial charge in [-0.1, -0.05) is 0 Å². The van der Waals surface area contributed by atoms with Gasteiger partial charge >= 0.3 is 0 Å². The molecule has 0 spiro atoms. The molecule has 0 fully saturated rings. The van der Waals surface area contributed by atoms with Crippen LogP contribution in [0.25, 0.3) is 11.0 Å². The smallest absolute Gasteiger partial charge is 0.122 e. The van der Waals surface area contributed by atoms with Crippen LogP contribution in [0.15, 0.2) is 18.2 Å². The molecule has 3 nitrogen and oxygen atoms in total. The largest absolute Gasteiger partial charge is 0.378 e. The van der Waals surface area contributed by atoms with Gasteiger partial charge in [-0.25, -0.2) is 4.98 Å². The van der Waals surface area contributed by atoms with Gasteiger partial charge in [-0.15, -0.1) is 11.6 Å². The Morgan fingerprint density at radius 1 is 1.43 bits per heavy atom. The van der Waals surface area contributed by atoms with Gasteiger partial charge in [-0.2, -0.15) is 0 Å². The zero-order chi connectivity index (χ0) is 10.1. The van der Waals surface area contributed by atoms with Crippen LogP contribution in [0, 0.1) is 0 Å². The average Bonchev–Trinajstić information content (AvgIpc) is 2.58. The maximum absolute atomic E-state index is 5.70. The summed E-state index contributed by atoms with van der Waals surface area (Å²) in [5, 5.41) is 0. The molecule has 0 saturated carbocycles. The number of hydrogen-bond acceptors (Lipinski definition) is 2. The zero-order valence-electron chi connectivity index (χ0n) is 8.21. The second-order valence-corrected chi connectivity index (χ2v) is 3.68. The Kier molecular flexibility index (Phi) is 2.33. The van der Waals surface area contributed by atoms with Gasteiger partial charge in [-0.3, -0.25) is 0 Å². The molecule has 0 amide bonds. The van der Waals surface area contributed by atoms with Crippen LogP contribution in [0.5, 0.6) is 0 Å². The van der Waals surface area contributed by atoms with Crippen molar-refractivity contribution < 1.29 is 0 Å². The number of anilines is 1. The SMILES string of the molecule is CN(C)c1ccc2nc(CCl)[nH]c2c1. The number of nitrogens with zero attached hydrogens (tertiary/aromatic N) is 2. The summed E-state index contributed by atoms with van der Waals surface area (Å²) >= 11 is 5.70. The summed E-state index contributed by atoms with van der Waals surface area (Å²) in [4.78, 5) is 9.55. The molecule has 0 radical (unpaired) electrons. The highest BCUT2D eigenvalue weighted by atomic mass is 35.5. The average molecular weight is 210 g/mol. The number of hydrogen-bond donors (Lipinski definition) is 1. The summed E-state index contributed by atoms with van der Waals surface area (Å²) < 4.78 is 0. The highest BCUT2D eigenvalue weighted by Gasteiger charge is 2.03. The Balaban J connectivity index is 2.54. The molecule has 0 aliphatic carbocycles. The summed E-state index contributed by atoms with van der Waals surface area (Å²) in [7, 11) is 4.03. The van der Waals surface area contributed by atoms with E-state index in [2.05, 4.69) is 20.9 Å². The molecule has 1 N–H and O–H groups in total. The molecule has 1 aromatic carbocycles. The summed E-state index contributed by atoms with van der Waals surface area (Å²) in [6.07, 6.45) is 0. The number of fused-ring (bicyclic) bond motifs is 1. The van der Waals surface area contributed by atoms with E-state index in [-0.39, 0.29) is 0 Å². The van der Waals surface area contributed by atoms with Gasteiger partial charge in [0, 0.05) is 19.8 Å². The Morgan fingerprint density at radius 2 is 2.21 bits per heavy atom. The molecule has 0 unspecified atom stereocenters. The van der Waals surface area contributed by atoms with Crippen molar-refractivity contribution in [1.29, 1.82) is 0 Å². The van der Waals surface area contributed by atoms with Gasteiger partial charge in [0.05, 0.1) is 16.9 Å². The van der Waals surface area contributed by atoms with E-state index < -0.39 is 0 Å². The highest BCUT2D eigenvalue weighted by molar-refractivity contribution is 6.16. The maximum Gasteiger partial charge on any atom is 0.122 e. The van der Waals surface area contributed by atoms with Crippen LogP contribution in [0.1, 0.15) is 5.82 Å². The first-order chi connectivity index (χ1) is 6.70. The number of nitrogens with one attached hydrogen (secondary N) is 1.